The predicted octanol–water partition coefficient (Wildman–Crippen LogP) is 9.75. The van der Waals surface area contributed by atoms with Crippen molar-refractivity contribution in [2.45, 2.75) is 38.9 Å². The molecular formula is C42H35BN2O2. The van der Waals surface area contributed by atoms with Gasteiger partial charge in [0.05, 0.1) is 22.6 Å². The molecule has 1 aliphatic rings. The number of rotatable bonds is 5. The summed E-state index contributed by atoms with van der Waals surface area (Å²) < 4.78 is 13.2. The Bertz CT molecular complexity index is 2190. The van der Waals surface area contributed by atoms with Gasteiger partial charge in [-0.15, -0.1) is 0 Å². The summed E-state index contributed by atoms with van der Waals surface area (Å²) in [6.45, 7) is 8.38. The minimum Gasteiger partial charge on any atom is -0.399 e. The van der Waals surface area contributed by atoms with Crippen LogP contribution in [0, 0.1) is 0 Å². The second-order valence-electron chi connectivity index (χ2n) is 13.3. The molecule has 0 radical (unpaired) electrons. The molecule has 1 saturated heterocycles. The van der Waals surface area contributed by atoms with E-state index in [1.54, 1.807) is 0 Å². The summed E-state index contributed by atoms with van der Waals surface area (Å²) in [7, 11) is -0.533. The molecule has 0 N–H and O–H groups in total. The lowest BCUT2D eigenvalue weighted by atomic mass is 9.76. The molecule has 6 aromatic carbocycles. The van der Waals surface area contributed by atoms with Crippen molar-refractivity contribution >= 4 is 34.1 Å². The second-order valence-corrected chi connectivity index (χ2v) is 13.3. The zero-order valence-electron chi connectivity index (χ0n) is 27.1. The summed E-state index contributed by atoms with van der Waals surface area (Å²) in [6.07, 6.45) is 0. The summed E-state index contributed by atoms with van der Waals surface area (Å²) in [5.74, 6) is 0.681. The molecule has 7 aromatic rings. The largest absolute Gasteiger partial charge is 0.494 e. The van der Waals surface area contributed by atoms with Gasteiger partial charge in [-0.3, -0.25) is 0 Å². The standard InChI is InChI=1S/C42H35BN2O2/c1-41(2)42(3,4)47-43(46-41)33-24-31(37-26-30-19-11-12-20-34(30)35-21-13-14-22-36(35)37)23-32(25-33)39-27-38(28-15-7-5-8-16-28)44-40(45-39)29-17-9-6-10-18-29/h5-27H,1-4H3. The SMILES string of the molecule is CC1(C)OB(c2cc(-c3cc(-c4ccccc4)nc(-c4ccccc4)n3)cc(-c3cc4ccccc4c4ccccc34)c2)OC1(C)C. The van der Waals surface area contributed by atoms with Gasteiger partial charge in [-0.25, -0.2) is 9.97 Å². The van der Waals surface area contributed by atoms with Crippen molar-refractivity contribution < 1.29 is 9.31 Å². The molecule has 0 atom stereocenters. The summed E-state index contributed by atoms with van der Waals surface area (Å²) >= 11 is 0. The van der Waals surface area contributed by atoms with Crippen molar-refractivity contribution in [2.24, 2.45) is 0 Å². The van der Waals surface area contributed by atoms with Crippen LogP contribution in [0.3, 0.4) is 0 Å². The van der Waals surface area contributed by atoms with Crippen LogP contribution >= 0.6 is 0 Å². The number of hydrogen-bond acceptors (Lipinski definition) is 4. The van der Waals surface area contributed by atoms with Crippen molar-refractivity contribution in [3.63, 3.8) is 0 Å². The quantitative estimate of drug-likeness (QED) is 0.144. The molecule has 0 aliphatic carbocycles. The van der Waals surface area contributed by atoms with Crippen molar-refractivity contribution in [1.82, 2.24) is 9.97 Å². The lowest BCUT2D eigenvalue weighted by Crippen LogP contribution is -2.41. The van der Waals surface area contributed by atoms with Crippen LogP contribution in [0.2, 0.25) is 0 Å². The molecule has 0 unspecified atom stereocenters. The molecule has 2 heterocycles. The first-order chi connectivity index (χ1) is 22.8. The highest BCUT2D eigenvalue weighted by Gasteiger charge is 2.51. The van der Waals surface area contributed by atoms with E-state index in [2.05, 4.69) is 131 Å². The third kappa shape index (κ3) is 5.32. The number of benzene rings is 6. The van der Waals surface area contributed by atoms with Crippen LogP contribution in [0.25, 0.3) is 66.6 Å². The third-order valence-electron chi connectivity index (χ3n) is 9.68. The second kappa shape index (κ2) is 11.3. The van der Waals surface area contributed by atoms with Gasteiger partial charge in [0.25, 0.3) is 0 Å². The molecule has 228 valence electrons. The smallest absolute Gasteiger partial charge is 0.399 e. The monoisotopic (exact) mass is 610 g/mol. The number of fused-ring (bicyclic) bond motifs is 3. The molecule has 0 amide bonds. The molecule has 0 spiro atoms. The van der Waals surface area contributed by atoms with E-state index in [9.17, 15) is 0 Å². The predicted molar refractivity (Wildman–Crippen MR) is 195 cm³/mol. The van der Waals surface area contributed by atoms with Crippen LogP contribution in [-0.2, 0) is 9.31 Å². The van der Waals surface area contributed by atoms with Crippen molar-refractivity contribution in [2.75, 3.05) is 0 Å². The van der Waals surface area contributed by atoms with E-state index in [-0.39, 0.29) is 0 Å². The third-order valence-corrected chi connectivity index (χ3v) is 9.68. The van der Waals surface area contributed by atoms with Crippen LogP contribution in [-0.4, -0.2) is 28.3 Å². The molecule has 1 aromatic heterocycles. The maximum Gasteiger partial charge on any atom is 0.494 e. The van der Waals surface area contributed by atoms with E-state index in [1.807, 2.05) is 36.4 Å². The fourth-order valence-corrected chi connectivity index (χ4v) is 6.43. The van der Waals surface area contributed by atoms with Crippen LogP contribution in [0.4, 0.5) is 0 Å². The summed E-state index contributed by atoms with van der Waals surface area (Å²) in [5, 5.41) is 4.86. The van der Waals surface area contributed by atoms with E-state index < -0.39 is 18.3 Å². The summed E-state index contributed by atoms with van der Waals surface area (Å²) in [5.41, 5.74) is 6.92. The minimum absolute atomic E-state index is 0.473. The zero-order chi connectivity index (χ0) is 32.2. The zero-order valence-corrected chi connectivity index (χ0v) is 27.1. The highest BCUT2D eigenvalue weighted by molar-refractivity contribution is 6.62. The van der Waals surface area contributed by atoms with Gasteiger partial charge in [0.15, 0.2) is 5.82 Å². The highest BCUT2D eigenvalue weighted by atomic mass is 16.7. The van der Waals surface area contributed by atoms with Gasteiger partial charge in [-0.05, 0) is 84.0 Å². The summed E-state index contributed by atoms with van der Waals surface area (Å²) in [6, 6.07) is 48.7. The minimum atomic E-state index is -0.533. The van der Waals surface area contributed by atoms with E-state index in [1.165, 1.54) is 21.5 Å². The fraction of sp³-hybridized carbons (Fsp3) is 0.143. The molecule has 1 aliphatic heterocycles. The van der Waals surface area contributed by atoms with Crippen molar-refractivity contribution in [1.29, 1.82) is 0 Å². The van der Waals surface area contributed by atoms with E-state index >= 15 is 0 Å². The molecule has 47 heavy (non-hydrogen) atoms. The molecule has 1 fully saturated rings. The number of nitrogens with zero attached hydrogens (tertiary/aromatic N) is 2. The molecule has 4 nitrogen and oxygen atoms in total. The van der Waals surface area contributed by atoms with Crippen LogP contribution in [0.5, 0.6) is 0 Å². The van der Waals surface area contributed by atoms with Gasteiger partial charge in [0, 0.05) is 16.7 Å². The Balaban J connectivity index is 1.39. The molecule has 5 heteroatoms. The maximum atomic E-state index is 6.62. The van der Waals surface area contributed by atoms with E-state index in [4.69, 9.17) is 19.3 Å². The van der Waals surface area contributed by atoms with Crippen LogP contribution in [0.1, 0.15) is 27.7 Å². The summed E-state index contributed by atoms with van der Waals surface area (Å²) in [4.78, 5) is 10.2. The highest BCUT2D eigenvalue weighted by Crippen LogP contribution is 2.39. The first-order valence-corrected chi connectivity index (χ1v) is 16.2. The first kappa shape index (κ1) is 29.3. The topological polar surface area (TPSA) is 44.2 Å². The normalized spacial score (nSPS) is 15.4. The number of hydrogen-bond donors (Lipinski definition) is 0. The molecule has 0 saturated carbocycles. The van der Waals surface area contributed by atoms with Crippen molar-refractivity contribution in [3.05, 3.63) is 140 Å². The maximum absolute atomic E-state index is 6.62. The van der Waals surface area contributed by atoms with Crippen molar-refractivity contribution in [3.8, 4) is 45.0 Å². The van der Waals surface area contributed by atoms with Gasteiger partial charge < -0.3 is 9.31 Å². The lowest BCUT2D eigenvalue weighted by Gasteiger charge is -2.32. The molecular weight excluding hydrogens is 575 g/mol. The Morgan fingerprint density at radius 1 is 0.468 bits per heavy atom. The Morgan fingerprint density at radius 3 is 1.68 bits per heavy atom. The Kier molecular flexibility index (Phi) is 7.05. The fourth-order valence-electron chi connectivity index (χ4n) is 6.43. The molecule has 8 rings (SSSR count). The van der Waals surface area contributed by atoms with Gasteiger partial charge in [0.1, 0.15) is 0 Å². The van der Waals surface area contributed by atoms with Gasteiger partial charge in [-0.1, -0.05) is 121 Å². The van der Waals surface area contributed by atoms with E-state index in [0.29, 0.717) is 5.82 Å². The molecule has 0 bridgehead atoms. The number of aromatic nitrogens is 2. The Labute approximate surface area is 276 Å². The van der Waals surface area contributed by atoms with Gasteiger partial charge >= 0.3 is 7.12 Å². The van der Waals surface area contributed by atoms with E-state index in [0.717, 1.165) is 44.7 Å². The average Bonchev–Trinajstić information content (AvgIpc) is 3.34. The van der Waals surface area contributed by atoms with Gasteiger partial charge in [-0.2, -0.15) is 0 Å². The first-order valence-electron chi connectivity index (χ1n) is 16.2. The van der Waals surface area contributed by atoms with Crippen LogP contribution in [0.15, 0.2) is 140 Å². The average molecular weight is 611 g/mol. The Morgan fingerprint density at radius 2 is 1.00 bits per heavy atom. The lowest BCUT2D eigenvalue weighted by molar-refractivity contribution is 0.00578. The Hall–Kier alpha value is -5.10. The van der Waals surface area contributed by atoms with Crippen LogP contribution < -0.4 is 5.46 Å². The van der Waals surface area contributed by atoms with Gasteiger partial charge in [0.2, 0.25) is 0 Å².